The molecule has 1 aromatic carbocycles. The Bertz CT molecular complexity index is 1100. The average molecular weight is 409 g/mol. The molecule has 7 heteroatoms. The van der Waals surface area contributed by atoms with Crippen molar-refractivity contribution in [3.05, 3.63) is 52.0 Å². The Hall–Kier alpha value is -2.93. The van der Waals surface area contributed by atoms with Crippen LogP contribution in [0.2, 0.25) is 0 Å². The molecular weight excluding hydrogens is 380 g/mol. The molecule has 0 radical (unpaired) electrons. The molecule has 1 fully saturated rings. The summed E-state index contributed by atoms with van der Waals surface area (Å²) >= 11 is 0. The van der Waals surface area contributed by atoms with Gasteiger partial charge < -0.3 is 19.4 Å². The van der Waals surface area contributed by atoms with Crippen molar-refractivity contribution in [3.8, 4) is 0 Å². The highest BCUT2D eigenvalue weighted by atomic mass is 16.5. The molecule has 7 nitrogen and oxygen atoms in total. The molecule has 1 atom stereocenters. The molecule has 4 rings (SSSR count). The predicted octanol–water partition coefficient (Wildman–Crippen LogP) is 4.20. The number of aromatic nitrogens is 2. The van der Waals surface area contributed by atoms with Crippen LogP contribution >= 0.6 is 0 Å². The van der Waals surface area contributed by atoms with Crippen LogP contribution in [0.15, 0.2) is 39.5 Å². The van der Waals surface area contributed by atoms with Gasteiger partial charge in [-0.3, -0.25) is 0 Å². The minimum Gasteiger partial charge on any atom is -0.423 e. The normalized spacial score (nSPS) is 16.4. The van der Waals surface area contributed by atoms with Crippen LogP contribution in [0, 0.1) is 6.92 Å². The highest BCUT2D eigenvalue weighted by molar-refractivity contribution is 5.83. The van der Waals surface area contributed by atoms with E-state index in [4.69, 9.17) is 19.1 Å². The van der Waals surface area contributed by atoms with Gasteiger partial charge in [0, 0.05) is 48.6 Å². The van der Waals surface area contributed by atoms with E-state index in [0.29, 0.717) is 24.2 Å². The molecule has 1 aliphatic heterocycles. The third-order valence-electron chi connectivity index (χ3n) is 5.51. The summed E-state index contributed by atoms with van der Waals surface area (Å²) in [4.78, 5) is 23.6. The van der Waals surface area contributed by atoms with E-state index >= 15 is 0 Å². The Balaban J connectivity index is 1.67. The van der Waals surface area contributed by atoms with Crippen LogP contribution in [0.5, 0.6) is 0 Å². The fourth-order valence-electron chi connectivity index (χ4n) is 4.11. The molecule has 0 saturated carbocycles. The van der Waals surface area contributed by atoms with Gasteiger partial charge in [0.05, 0.1) is 12.6 Å². The molecule has 0 amide bonds. The second-order valence-electron chi connectivity index (χ2n) is 7.82. The molecule has 1 aliphatic rings. The van der Waals surface area contributed by atoms with E-state index in [1.807, 2.05) is 25.1 Å². The maximum Gasteiger partial charge on any atom is 0.336 e. The number of nitrogens with one attached hydrogen (secondary N) is 1. The van der Waals surface area contributed by atoms with E-state index < -0.39 is 0 Å². The van der Waals surface area contributed by atoms with E-state index in [2.05, 4.69) is 23.2 Å². The number of nitrogens with zero attached hydrogens (tertiary/aromatic N) is 3. The predicted molar refractivity (Wildman–Crippen MR) is 119 cm³/mol. The van der Waals surface area contributed by atoms with Gasteiger partial charge in [-0.1, -0.05) is 13.3 Å². The zero-order valence-electron chi connectivity index (χ0n) is 17.8. The summed E-state index contributed by atoms with van der Waals surface area (Å²) in [7, 11) is 1.74. The lowest BCUT2D eigenvalue weighted by Crippen LogP contribution is -2.33. The molecule has 30 heavy (non-hydrogen) atoms. The standard InChI is InChI=1S/C23H28N4O3/c1-4-6-16-13-21(27-10-5-7-18(27)14-29-3)26-23(24-16)25-17-8-9-19-15(2)11-22(28)30-20(19)12-17/h8-9,11-13,18H,4-7,10,14H2,1-3H3,(H,24,25,26)/t18-/m0/s1. The zero-order valence-corrected chi connectivity index (χ0v) is 17.8. The number of hydrogen-bond donors (Lipinski definition) is 1. The molecule has 3 aromatic rings. The summed E-state index contributed by atoms with van der Waals surface area (Å²) in [5, 5.41) is 4.22. The van der Waals surface area contributed by atoms with Crippen LogP contribution in [-0.2, 0) is 11.2 Å². The van der Waals surface area contributed by atoms with Gasteiger partial charge in [-0.15, -0.1) is 0 Å². The second kappa shape index (κ2) is 8.83. The van der Waals surface area contributed by atoms with Crippen molar-refractivity contribution < 1.29 is 9.15 Å². The minimum atomic E-state index is -0.348. The highest BCUT2D eigenvalue weighted by Gasteiger charge is 2.26. The van der Waals surface area contributed by atoms with Crippen LogP contribution in [0.3, 0.4) is 0 Å². The Labute approximate surface area is 176 Å². The highest BCUT2D eigenvalue weighted by Crippen LogP contribution is 2.28. The number of anilines is 3. The summed E-state index contributed by atoms with van der Waals surface area (Å²) in [6.07, 6.45) is 4.14. The van der Waals surface area contributed by atoms with Crippen molar-refractivity contribution in [1.82, 2.24) is 9.97 Å². The van der Waals surface area contributed by atoms with E-state index in [0.717, 1.165) is 60.4 Å². The van der Waals surface area contributed by atoms with Crippen LogP contribution in [0.25, 0.3) is 11.0 Å². The van der Waals surface area contributed by atoms with Gasteiger partial charge in [-0.05, 0) is 43.9 Å². The average Bonchev–Trinajstić information content (AvgIpc) is 3.16. The molecule has 0 spiro atoms. The molecule has 1 saturated heterocycles. The van der Waals surface area contributed by atoms with Gasteiger partial charge in [-0.2, -0.15) is 4.98 Å². The number of rotatable bonds is 7. The Kier molecular flexibility index (Phi) is 5.99. The van der Waals surface area contributed by atoms with Gasteiger partial charge in [0.1, 0.15) is 11.4 Å². The summed E-state index contributed by atoms with van der Waals surface area (Å²) in [6, 6.07) is 9.65. The van der Waals surface area contributed by atoms with Gasteiger partial charge in [-0.25, -0.2) is 9.78 Å². The maximum atomic E-state index is 11.7. The first-order chi connectivity index (χ1) is 14.6. The molecule has 158 valence electrons. The lowest BCUT2D eigenvalue weighted by atomic mass is 10.1. The van der Waals surface area contributed by atoms with Crippen LogP contribution in [0.1, 0.15) is 37.4 Å². The van der Waals surface area contributed by atoms with Crippen molar-refractivity contribution >= 4 is 28.4 Å². The van der Waals surface area contributed by atoms with Gasteiger partial charge in [0.15, 0.2) is 0 Å². The van der Waals surface area contributed by atoms with Crippen molar-refractivity contribution in [2.75, 3.05) is 30.5 Å². The van der Waals surface area contributed by atoms with Crippen molar-refractivity contribution in [2.24, 2.45) is 0 Å². The maximum absolute atomic E-state index is 11.7. The first kappa shape index (κ1) is 20.3. The second-order valence-corrected chi connectivity index (χ2v) is 7.82. The SMILES string of the molecule is CCCc1cc(N2CCC[C@H]2COC)nc(Nc2ccc3c(C)cc(=O)oc3c2)n1. The van der Waals surface area contributed by atoms with Gasteiger partial charge in [0.25, 0.3) is 0 Å². The fraction of sp³-hybridized carbons (Fsp3) is 0.435. The Morgan fingerprint density at radius 2 is 2.13 bits per heavy atom. The first-order valence-corrected chi connectivity index (χ1v) is 10.5. The van der Waals surface area contributed by atoms with Crippen LogP contribution < -0.4 is 15.8 Å². The fourth-order valence-corrected chi connectivity index (χ4v) is 4.11. The molecule has 1 N–H and O–H groups in total. The lowest BCUT2D eigenvalue weighted by Gasteiger charge is -2.26. The van der Waals surface area contributed by atoms with Crippen LogP contribution in [0.4, 0.5) is 17.5 Å². The number of aryl methyl sites for hydroxylation is 2. The first-order valence-electron chi connectivity index (χ1n) is 10.5. The molecule has 3 heterocycles. The molecule has 0 unspecified atom stereocenters. The van der Waals surface area contributed by atoms with Gasteiger partial charge in [0.2, 0.25) is 5.95 Å². The third-order valence-corrected chi connectivity index (χ3v) is 5.51. The number of hydrogen-bond acceptors (Lipinski definition) is 7. The number of ether oxygens (including phenoxy) is 1. The molecule has 0 aliphatic carbocycles. The smallest absolute Gasteiger partial charge is 0.336 e. The summed E-state index contributed by atoms with van der Waals surface area (Å²) in [6.45, 7) is 5.71. The zero-order chi connectivity index (χ0) is 21.1. The largest absolute Gasteiger partial charge is 0.423 e. The summed E-state index contributed by atoms with van der Waals surface area (Å²) in [5.41, 5.74) is 2.89. The molecular formula is C23H28N4O3. The van der Waals surface area contributed by atoms with E-state index in [1.54, 1.807) is 7.11 Å². The summed E-state index contributed by atoms with van der Waals surface area (Å²) in [5.74, 6) is 1.48. The minimum absolute atomic E-state index is 0.338. The molecule has 0 bridgehead atoms. The van der Waals surface area contributed by atoms with Crippen molar-refractivity contribution in [3.63, 3.8) is 0 Å². The summed E-state index contributed by atoms with van der Waals surface area (Å²) < 4.78 is 10.8. The Morgan fingerprint density at radius 3 is 2.93 bits per heavy atom. The lowest BCUT2D eigenvalue weighted by molar-refractivity contribution is 0.180. The van der Waals surface area contributed by atoms with E-state index in [1.165, 1.54) is 6.07 Å². The monoisotopic (exact) mass is 408 g/mol. The van der Waals surface area contributed by atoms with E-state index in [-0.39, 0.29) is 5.63 Å². The molecule has 2 aromatic heterocycles. The number of methoxy groups -OCH3 is 1. The number of benzene rings is 1. The van der Waals surface area contributed by atoms with Gasteiger partial charge >= 0.3 is 5.63 Å². The number of fused-ring (bicyclic) bond motifs is 1. The topological polar surface area (TPSA) is 80.5 Å². The van der Waals surface area contributed by atoms with E-state index in [9.17, 15) is 4.79 Å². The van der Waals surface area contributed by atoms with Crippen LogP contribution in [-0.4, -0.2) is 36.3 Å². The Morgan fingerprint density at radius 1 is 1.27 bits per heavy atom. The van der Waals surface area contributed by atoms with Crippen molar-refractivity contribution in [2.45, 2.75) is 45.6 Å². The van der Waals surface area contributed by atoms with Crippen molar-refractivity contribution in [1.29, 1.82) is 0 Å². The third kappa shape index (κ3) is 4.31. The quantitative estimate of drug-likeness (QED) is 0.587.